The SMILES string of the molecule is COc1ccc(NC(=O)C2CCCN2C(=O)C2CCN(C(=O)CCc3ccccc3)CC2)cc1. The number of piperidine rings is 1. The summed E-state index contributed by atoms with van der Waals surface area (Å²) in [4.78, 5) is 42.4. The van der Waals surface area contributed by atoms with Gasteiger partial charge in [-0.05, 0) is 61.9 Å². The topological polar surface area (TPSA) is 79.0 Å². The fraction of sp³-hybridized carbons (Fsp3) is 0.444. The highest BCUT2D eigenvalue weighted by atomic mass is 16.5. The van der Waals surface area contributed by atoms with Crippen LogP contribution in [0.25, 0.3) is 0 Å². The molecule has 0 aromatic heterocycles. The summed E-state index contributed by atoms with van der Waals surface area (Å²) in [7, 11) is 1.60. The second-order valence-electron chi connectivity index (χ2n) is 9.05. The standard InChI is InChI=1S/C27H33N3O4/c1-34-23-12-10-22(11-13-23)28-26(32)24-8-5-17-30(24)27(33)21-15-18-29(19-16-21)25(31)14-9-20-6-3-2-4-7-20/h2-4,6-7,10-13,21,24H,5,8-9,14-19H2,1H3,(H,28,32). The number of ether oxygens (including phenoxy) is 1. The van der Waals surface area contributed by atoms with Gasteiger partial charge in [0.2, 0.25) is 17.7 Å². The van der Waals surface area contributed by atoms with Crippen molar-refractivity contribution in [2.75, 3.05) is 32.1 Å². The van der Waals surface area contributed by atoms with Crippen LogP contribution in [0.5, 0.6) is 5.75 Å². The Bertz CT molecular complexity index is 985. The number of likely N-dealkylation sites (tertiary alicyclic amines) is 2. The van der Waals surface area contributed by atoms with Crippen molar-refractivity contribution in [2.24, 2.45) is 5.92 Å². The lowest BCUT2D eigenvalue weighted by Gasteiger charge is -2.34. The number of carbonyl (C=O) groups excluding carboxylic acids is 3. The lowest BCUT2D eigenvalue weighted by Crippen LogP contribution is -2.48. The van der Waals surface area contributed by atoms with Crippen molar-refractivity contribution in [1.82, 2.24) is 9.80 Å². The maximum absolute atomic E-state index is 13.3. The van der Waals surface area contributed by atoms with Gasteiger partial charge in [-0.2, -0.15) is 0 Å². The first-order valence-electron chi connectivity index (χ1n) is 12.1. The number of rotatable bonds is 7. The van der Waals surface area contributed by atoms with Crippen LogP contribution in [0.15, 0.2) is 54.6 Å². The molecular formula is C27H33N3O4. The Balaban J connectivity index is 1.27. The van der Waals surface area contributed by atoms with Crippen molar-refractivity contribution in [3.8, 4) is 5.75 Å². The summed E-state index contributed by atoms with van der Waals surface area (Å²) in [6.07, 6.45) is 4.02. The van der Waals surface area contributed by atoms with Crippen LogP contribution in [0.4, 0.5) is 5.69 Å². The van der Waals surface area contributed by atoms with E-state index in [1.54, 1.807) is 36.3 Å². The van der Waals surface area contributed by atoms with Crippen LogP contribution in [-0.4, -0.2) is 60.3 Å². The molecule has 7 nitrogen and oxygen atoms in total. The molecule has 180 valence electrons. The highest BCUT2D eigenvalue weighted by Gasteiger charge is 2.38. The predicted octanol–water partition coefficient (Wildman–Crippen LogP) is 3.50. The van der Waals surface area contributed by atoms with Gasteiger partial charge in [-0.3, -0.25) is 14.4 Å². The van der Waals surface area contributed by atoms with Crippen LogP contribution < -0.4 is 10.1 Å². The van der Waals surface area contributed by atoms with E-state index in [4.69, 9.17) is 4.74 Å². The molecule has 2 aromatic carbocycles. The van der Waals surface area contributed by atoms with Crippen molar-refractivity contribution < 1.29 is 19.1 Å². The number of anilines is 1. The average Bonchev–Trinajstić information content (AvgIpc) is 3.38. The molecule has 2 saturated heterocycles. The van der Waals surface area contributed by atoms with Crippen LogP contribution in [-0.2, 0) is 20.8 Å². The van der Waals surface area contributed by atoms with Crippen LogP contribution in [0.2, 0.25) is 0 Å². The third-order valence-corrected chi connectivity index (χ3v) is 6.86. The van der Waals surface area contributed by atoms with Crippen LogP contribution in [0.3, 0.4) is 0 Å². The van der Waals surface area contributed by atoms with E-state index in [9.17, 15) is 14.4 Å². The third kappa shape index (κ3) is 5.76. The van der Waals surface area contributed by atoms with Crippen LogP contribution in [0.1, 0.15) is 37.7 Å². The molecule has 2 aliphatic rings. The van der Waals surface area contributed by atoms with Gasteiger partial charge >= 0.3 is 0 Å². The van der Waals surface area contributed by atoms with E-state index in [2.05, 4.69) is 5.32 Å². The number of hydrogen-bond donors (Lipinski definition) is 1. The second kappa shape index (κ2) is 11.2. The number of nitrogens with zero attached hydrogens (tertiary/aromatic N) is 2. The summed E-state index contributed by atoms with van der Waals surface area (Å²) in [5, 5.41) is 2.93. The first kappa shape index (κ1) is 23.8. The van der Waals surface area contributed by atoms with E-state index in [1.165, 1.54) is 0 Å². The van der Waals surface area contributed by atoms with Crippen molar-refractivity contribution in [1.29, 1.82) is 0 Å². The number of nitrogens with one attached hydrogen (secondary N) is 1. The number of amides is 3. The van der Waals surface area contributed by atoms with E-state index in [1.807, 2.05) is 35.2 Å². The fourth-order valence-corrected chi connectivity index (χ4v) is 4.87. The lowest BCUT2D eigenvalue weighted by atomic mass is 9.94. The molecule has 0 spiro atoms. The molecule has 2 aliphatic heterocycles. The minimum atomic E-state index is -0.444. The third-order valence-electron chi connectivity index (χ3n) is 6.86. The molecule has 34 heavy (non-hydrogen) atoms. The summed E-state index contributed by atoms with van der Waals surface area (Å²) < 4.78 is 5.16. The molecule has 2 heterocycles. The van der Waals surface area contributed by atoms with E-state index in [0.717, 1.165) is 24.2 Å². The molecule has 2 fully saturated rings. The quantitative estimate of drug-likeness (QED) is 0.682. The van der Waals surface area contributed by atoms with Gasteiger partial charge < -0.3 is 19.9 Å². The maximum atomic E-state index is 13.3. The molecule has 0 bridgehead atoms. The Morgan fingerprint density at radius 1 is 0.941 bits per heavy atom. The molecule has 3 amide bonds. The largest absolute Gasteiger partial charge is 0.497 e. The van der Waals surface area contributed by atoms with Gasteiger partial charge in [-0.1, -0.05) is 30.3 Å². The molecule has 0 aliphatic carbocycles. The minimum Gasteiger partial charge on any atom is -0.497 e. The Labute approximate surface area is 201 Å². The van der Waals surface area contributed by atoms with Gasteiger partial charge in [0.05, 0.1) is 7.11 Å². The summed E-state index contributed by atoms with van der Waals surface area (Å²) in [6, 6.07) is 16.8. The van der Waals surface area contributed by atoms with E-state index in [-0.39, 0.29) is 23.6 Å². The highest BCUT2D eigenvalue weighted by molar-refractivity contribution is 5.97. The van der Waals surface area contributed by atoms with Gasteiger partial charge in [-0.25, -0.2) is 0 Å². The monoisotopic (exact) mass is 463 g/mol. The number of carbonyl (C=O) groups is 3. The summed E-state index contributed by atoms with van der Waals surface area (Å²) in [6.45, 7) is 1.80. The predicted molar refractivity (Wildman–Crippen MR) is 130 cm³/mol. The fourth-order valence-electron chi connectivity index (χ4n) is 4.87. The first-order chi connectivity index (χ1) is 16.5. The zero-order valence-corrected chi connectivity index (χ0v) is 19.7. The molecule has 0 radical (unpaired) electrons. The summed E-state index contributed by atoms with van der Waals surface area (Å²) in [5.74, 6) is 0.633. The van der Waals surface area contributed by atoms with Crippen molar-refractivity contribution in [3.63, 3.8) is 0 Å². The van der Waals surface area contributed by atoms with E-state index in [0.29, 0.717) is 51.0 Å². The van der Waals surface area contributed by atoms with Crippen molar-refractivity contribution >= 4 is 23.4 Å². The Morgan fingerprint density at radius 2 is 1.65 bits per heavy atom. The van der Waals surface area contributed by atoms with Gasteiger partial charge in [0.1, 0.15) is 11.8 Å². The number of hydrogen-bond acceptors (Lipinski definition) is 4. The Morgan fingerprint density at radius 3 is 2.32 bits per heavy atom. The molecule has 1 N–H and O–H groups in total. The summed E-state index contributed by atoms with van der Waals surface area (Å²) in [5.41, 5.74) is 1.85. The minimum absolute atomic E-state index is 0.0452. The normalized spacial score (nSPS) is 18.6. The molecule has 4 rings (SSSR count). The van der Waals surface area contributed by atoms with Gasteiger partial charge in [0, 0.05) is 37.7 Å². The summed E-state index contributed by atoms with van der Waals surface area (Å²) >= 11 is 0. The first-order valence-corrected chi connectivity index (χ1v) is 12.1. The van der Waals surface area contributed by atoms with Gasteiger partial charge in [0.15, 0.2) is 0 Å². The van der Waals surface area contributed by atoms with E-state index >= 15 is 0 Å². The maximum Gasteiger partial charge on any atom is 0.247 e. The highest BCUT2D eigenvalue weighted by Crippen LogP contribution is 2.27. The van der Waals surface area contributed by atoms with E-state index < -0.39 is 6.04 Å². The second-order valence-corrected chi connectivity index (χ2v) is 9.05. The van der Waals surface area contributed by atoms with Crippen LogP contribution >= 0.6 is 0 Å². The number of aryl methyl sites for hydroxylation is 1. The molecule has 0 saturated carbocycles. The number of benzene rings is 2. The Hall–Kier alpha value is -3.35. The zero-order chi connectivity index (χ0) is 23.9. The molecular weight excluding hydrogens is 430 g/mol. The van der Waals surface area contributed by atoms with Crippen molar-refractivity contribution in [3.05, 3.63) is 60.2 Å². The van der Waals surface area contributed by atoms with Gasteiger partial charge in [0.25, 0.3) is 0 Å². The lowest BCUT2D eigenvalue weighted by molar-refractivity contribution is -0.143. The molecule has 7 heteroatoms. The molecule has 1 atom stereocenters. The molecule has 2 aromatic rings. The Kier molecular flexibility index (Phi) is 7.83. The van der Waals surface area contributed by atoms with Crippen molar-refractivity contribution in [2.45, 2.75) is 44.6 Å². The zero-order valence-electron chi connectivity index (χ0n) is 19.7. The smallest absolute Gasteiger partial charge is 0.247 e. The van der Waals surface area contributed by atoms with Crippen LogP contribution in [0, 0.1) is 5.92 Å². The van der Waals surface area contributed by atoms with Gasteiger partial charge in [-0.15, -0.1) is 0 Å². The average molecular weight is 464 g/mol. The molecule has 1 unspecified atom stereocenters. The number of methoxy groups -OCH3 is 1.